The van der Waals surface area contributed by atoms with Gasteiger partial charge in [-0.2, -0.15) is 0 Å². The van der Waals surface area contributed by atoms with Crippen molar-refractivity contribution in [3.05, 3.63) is 17.8 Å². The molecule has 1 fully saturated rings. The van der Waals surface area contributed by atoms with Gasteiger partial charge in [0, 0.05) is 6.54 Å². The maximum Gasteiger partial charge on any atom is 0.341 e. The summed E-state index contributed by atoms with van der Waals surface area (Å²) in [5.74, 6) is 0.644. The number of ether oxygens (including phenoxy) is 1. The number of anilines is 2. The lowest BCUT2D eigenvalue weighted by molar-refractivity contribution is 0.0601. The highest BCUT2D eigenvalue weighted by molar-refractivity contribution is 5.95. The standard InChI is InChI=1S/C15H23N3O2/c1-14(2)11(15(14,3)4)8-18-12-10(13(19)20-5)6-9(16)7-17-12/h6-7,11H,8,16H2,1-5H3,(H,17,18). The van der Waals surface area contributed by atoms with E-state index in [1.165, 1.54) is 13.3 Å². The number of hydrogen-bond acceptors (Lipinski definition) is 5. The van der Waals surface area contributed by atoms with Crippen molar-refractivity contribution in [3.63, 3.8) is 0 Å². The number of carbonyl (C=O) groups is 1. The number of hydrogen-bond donors (Lipinski definition) is 2. The molecule has 0 saturated heterocycles. The summed E-state index contributed by atoms with van der Waals surface area (Å²) in [5.41, 5.74) is 7.08. The van der Waals surface area contributed by atoms with Gasteiger partial charge in [-0.3, -0.25) is 0 Å². The predicted octanol–water partition coefficient (Wildman–Crippen LogP) is 2.54. The number of nitrogens with zero attached hydrogens (tertiary/aromatic N) is 1. The van der Waals surface area contributed by atoms with Gasteiger partial charge in [-0.15, -0.1) is 0 Å². The van der Waals surface area contributed by atoms with Gasteiger partial charge in [-0.1, -0.05) is 27.7 Å². The molecule has 1 heterocycles. The van der Waals surface area contributed by atoms with Crippen molar-refractivity contribution in [2.75, 3.05) is 24.7 Å². The first-order valence-electron chi connectivity index (χ1n) is 6.79. The number of carbonyl (C=O) groups excluding carboxylic acids is 1. The van der Waals surface area contributed by atoms with Gasteiger partial charge in [0.2, 0.25) is 0 Å². The Morgan fingerprint density at radius 1 is 1.40 bits per heavy atom. The molecule has 0 spiro atoms. The summed E-state index contributed by atoms with van der Waals surface area (Å²) in [6.07, 6.45) is 1.54. The third-order valence-electron chi connectivity index (χ3n) is 5.11. The van der Waals surface area contributed by atoms with Crippen LogP contribution in [0.3, 0.4) is 0 Å². The van der Waals surface area contributed by atoms with Crippen molar-refractivity contribution in [2.24, 2.45) is 16.7 Å². The van der Waals surface area contributed by atoms with Crippen LogP contribution in [0.25, 0.3) is 0 Å². The maximum absolute atomic E-state index is 11.7. The monoisotopic (exact) mass is 277 g/mol. The van der Waals surface area contributed by atoms with Crippen LogP contribution in [0.15, 0.2) is 12.3 Å². The molecule has 1 aromatic rings. The molecule has 1 aliphatic carbocycles. The van der Waals surface area contributed by atoms with Crippen molar-refractivity contribution >= 4 is 17.5 Å². The zero-order valence-electron chi connectivity index (χ0n) is 12.8. The highest BCUT2D eigenvalue weighted by Crippen LogP contribution is 2.68. The predicted molar refractivity (Wildman–Crippen MR) is 79.5 cm³/mol. The zero-order chi connectivity index (χ0) is 15.1. The molecule has 0 bridgehead atoms. The molecule has 0 aromatic carbocycles. The molecule has 1 aliphatic rings. The van der Waals surface area contributed by atoms with Crippen molar-refractivity contribution in [2.45, 2.75) is 27.7 Å². The number of nitrogen functional groups attached to an aromatic ring is 1. The van der Waals surface area contributed by atoms with Gasteiger partial charge in [0.15, 0.2) is 0 Å². The minimum Gasteiger partial charge on any atom is -0.465 e. The fraction of sp³-hybridized carbons (Fsp3) is 0.600. The topological polar surface area (TPSA) is 77.2 Å². The lowest BCUT2D eigenvalue weighted by Crippen LogP contribution is -2.14. The zero-order valence-corrected chi connectivity index (χ0v) is 12.8. The fourth-order valence-electron chi connectivity index (χ4n) is 2.93. The molecule has 1 aromatic heterocycles. The van der Waals surface area contributed by atoms with E-state index in [1.54, 1.807) is 6.07 Å². The van der Waals surface area contributed by atoms with Crippen molar-refractivity contribution < 1.29 is 9.53 Å². The molecule has 0 amide bonds. The van der Waals surface area contributed by atoms with E-state index < -0.39 is 5.97 Å². The summed E-state index contributed by atoms with van der Waals surface area (Å²) in [6.45, 7) is 9.82. The molecule has 20 heavy (non-hydrogen) atoms. The Bertz CT molecular complexity index is 524. The van der Waals surface area contributed by atoms with Gasteiger partial charge in [0.1, 0.15) is 11.4 Å². The number of esters is 1. The summed E-state index contributed by atoms with van der Waals surface area (Å²) in [6, 6.07) is 1.59. The Morgan fingerprint density at radius 3 is 2.50 bits per heavy atom. The number of methoxy groups -OCH3 is 1. The van der Waals surface area contributed by atoms with E-state index in [2.05, 4.69) is 38.0 Å². The Labute approximate surface area is 119 Å². The third-order valence-corrected chi connectivity index (χ3v) is 5.11. The lowest BCUT2D eigenvalue weighted by atomic mass is 10.0. The first kappa shape index (κ1) is 14.6. The molecule has 110 valence electrons. The summed E-state index contributed by atoms with van der Waals surface area (Å²) in [5, 5.41) is 3.26. The molecule has 0 unspecified atom stereocenters. The third kappa shape index (κ3) is 2.21. The molecular formula is C15H23N3O2. The van der Waals surface area contributed by atoms with E-state index in [1.807, 2.05) is 0 Å². The second-order valence-corrected chi connectivity index (χ2v) is 6.53. The molecule has 0 radical (unpaired) electrons. The van der Waals surface area contributed by atoms with Crippen LogP contribution in [-0.4, -0.2) is 24.6 Å². The van der Waals surface area contributed by atoms with Crippen molar-refractivity contribution in [3.8, 4) is 0 Å². The Balaban J connectivity index is 2.13. The summed E-state index contributed by atoms with van der Waals surface area (Å²) < 4.78 is 4.76. The summed E-state index contributed by atoms with van der Waals surface area (Å²) in [7, 11) is 1.35. The number of aromatic nitrogens is 1. The van der Waals surface area contributed by atoms with Crippen molar-refractivity contribution in [1.29, 1.82) is 0 Å². The summed E-state index contributed by atoms with van der Waals surface area (Å²) >= 11 is 0. The maximum atomic E-state index is 11.7. The minimum atomic E-state index is -0.429. The average molecular weight is 277 g/mol. The van der Waals surface area contributed by atoms with E-state index in [9.17, 15) is 4.79 Å². The normalized spacial score (nSPS) is 19.4. The molecule has 1 saturated carbocycles. The van der Waals surface area contributed by atoms with E-state index in [0.29, 0.717) is 33.8 Å². The highest BCUT2D eigenvalue weighted by atomic mass is 16.5. The van der Waals surface area contributed by atoms with Gasteiger partial charge in [0.05, 0.1) is 19.0 Å². The molecule has 2 rings (SSSR count). The molecule has 3 N–H and O–H groups in total. The van der Waals surface area contributed by atoms with E-state index >= 15 is 0 Å². The Morgan fingerprint density at radius 2 is 2.00 bits per heavy atom. The number of nitrogens with two attached hydrogens (primary N) is 1. The van der Waals surface area contributed by atoms with Gasteiger partial charge in [-0.25, -0.2) is 9.78 Å². The lowest BCUT2D eigenvalue weighted by Gasteiger charge is -2.11. The molecular weight excluding hydrogens is 254 g/mol. The largest absolute Gasteiger partial charge is 0.465 e. The van der Waals surface area contributed by atoms with Crippen LogP contribution < -0.4 is 11.1 Å². The first-order valence-corrected chi connectivity index (χ1v) is 6.79. The van der Waals surface area contributed by atoms with E-state index in [-0.39, 0.29) is 0 Å². The Kier molecular flexibility index (Phi) is 3.40. The summed E-state index contributed by atoms with van der Waals surface area (Å²) in [4.78, 5) is 15.9. The molecule has 5 nitrogen and oxygen atoms in total. The second-order valence-electron chi connectivity index (χ2n) is 6.53. The van der Waals surface area contributed by atoms with Gasteiger partial charge < -0.3 is 15.8 Å². The van der Waals surface area contributed by atoms with Crippen LogP contribution in [0, 0.1) is 16.7 Å². The molecule has 0 atom stereocenters. The average Bonchev–Trinajstić information content (AvgIpc) is 2.77. The molecule has 5 heteroatoms. The van der Waals surface area contributed by atoms with Gasteiger partial charge >= 0.3 is 5.97 Å². The second kappa shape index (κ2) is 4.65. The Hall–Kier alpha value is -1.78. The van der Waals surface area contributed by atoms with E-state index in [0.717, 1.165) is 6.54 Å². The van der Waals surface area contributed by atoms with E-state index in [4.69, 9.17) is 10.5 Å². The first-order chi connectivity index (χ1) is 9.21. The SMILES string of the molecule is COC(=O)c1cc(N)cnc1NCC1C(C)(C)C1(C)C. The van der Waals surface area contributed by atoms with Crippen LogP contribution >= 0.6 is 0 Å². The van der Waals surface area contributed by atoms with Gasteiger partial charge in [-0.05, 0) is 22.8 Å². The van der Waals surface area contributed by atoms with Crippen LogP contribution in [0.4, 0.5) is 11.5 Å². The smallest absolute Gasteiger partial charge is 0.341 e. The fourth-order valence-corrected chi connectivity index (χ4v) is 2.93. The van der Waals surface area contributed by atoms with Crippen LogP contribution in [0.5, 0.6) is 0 Å². The van der Waals surface area contributed by atoms with Gasteiger partial charge in [0.25, 0.3) is 0 Å². The van der Waals surface area contributed by atoms with Crippen molar-refractivity contribution in [1.82, 2.24) is 4.98 Å². The quantitative estimate of drug-likeness (QED) is 0.827. The number of nitrogens with one attached hydrogen (secondary N) is 1. The van der Waals surface area contributed by atoms with Crippen LogP contribution in [0.1, 0.15) is 38.1 Å². The van der Waals surface area contributed by atoms with Crippen LogP contribution in [0.2, 0.25) is 0 Å². The highest BCUT2D eigenvalue weighted by Gasteiger charge is 2.64. The molecule has 0 aliphatic heterocycles. The van der Waals surface area contributed by atoms with Crippen LogP contribution in [-0.2, 0) is 4.74 Å². The number of pyridine rings is 1. The number of rotatable bonds is 4. The minimum absolute atomic E-state index is 0.291.